The summed E-state index contributed by atoms with van der Waals surface area (Å²) < 4.78 is 15.2. The van der Waals surface area contributed by atoms with Gasteiger partial charge in [-0.05, 0) is 90.5 Å². The third kappa shape index (κ3) is 6.11. The Hall–Kier alpha value is -4.37. The van der Waals surface area contributed by atoms with Gasteiger partial charge in [0.25, 0.3) is 5.91 Å². The number of methoxy groups -OCH3 is 2. The molecule has 0 radical (unpaired) electrons. The largest absolute Gasteiger partial charge is 0.497 e. The van der Waals surface area contributed by atoms with Crippen molar-refractivity contribution in [3.8, 4) is 22.8 Å². The van der Waals surface area contributed by atoms with Crippen LogP contribution in [0, 0.1) is 0 Å². The van der Waals surface area contributed by atoms with E-state index in [1.165, 1.54) is 0 Å². The highest BCUT2D eigenvalue weighted by molar-refractivity contribution is 7.09. The van der Waals surface area contributed by atoms with Crippen LogP contribution in [0.15, 0.2) is 72.8 Å². The lowest BCUT2D eigenvalue weighted by atomic mass is 10.0. The number of nitrogens with one attached hydrogen (secondary N) is 1. The Morgan fingerprint density at radius 1 is 0.952 bits per heavy atom. The van der Waals surface area contributed by atoms with Gasteiger partial charge in [0.15, 0.2) is 0 Å². The van der Waals surface area contributed by atoms with E-state index in [1.54, 1.807) is 31.3 Å². The van der Waals surface area contributed by atoms with Crippen molar-refractivity contribution < 1.29 is 19.1 Å². The number of carbonyl (C=O) groups excluding carboxylic acids is 2. The molecule has 4 aromatic rings. The van der Waals surface area contributed by atoms with Crippen LogP contribution in [0.4, 0.5) is 11.4 Å². The fraction of sp³-hybridized carbons (Fsp3) is 0.303. The number of aromatic nitrogens is 1. The molecule has 0 saturated heterocycles. The van der Waals surface area contributed by atoms with Gasteiger partial charge in [-0.25, -0.2) is 0 Å². The van der Waals surface area contributed by atoms with E-state index < -0.39 is 11.9 Å². The summed E-state index contributed by atoms with van der Waals surface area (Å²) >= 11 is 1.03. The normalized spacial score (nSPS) is 13.9. The molecule has 1 aromatic heterocycles. The minimum Gasteiger partial charge on any atom is -0.497 e. The molecule has 8 nitrogen and oxygen atoms in total. The van der Waals surface area contributed by atoms with Crippen molar-refractivity contribution in [2.45, 2.75) is 51.1 Å². The van der Waals surface area contributed by atoms with Gasteiger partial charge >= 0.3 is 0 Å². The number of hydrogen-bond acceptors (Lipinski definition) is 7. The Balaban J connectivity index is 1.60. The molecule has 1 aliphatic carbocycles. The number of rotatable bonds is 10. The second-order valence-electron chi connectivity index (χ2n) is 10.4. The summed E-state index contributed by atoms with van der Waals surface area (Å²) in [6.45, 7) is 2.08. The maximum absolute atomic E-state index is 14.5. The van der Waals surface area contributed by atoms with E-state index in [1.807, 2.05) is 60.7 Å². The Morgan fingerprint density at radius 3 is 2.12 bits per heavy atom. The minimum atomic E-state index is -0.942. The molecule has 0 aliphatic heterocycles. The summed E-state index contributed by atoms with van der Waals surface area (Å²) in [5, 5.41) is 3.22. The monoisotopic (exact) mass is 584 g/mol. The van der Waals surface area contributed by atoms with E-state index in [0.29, 0.717) is 28.4 Å². The average Bonchev–Trinajstić information content (AvgIpc) is 3.69. The Bertz CT molecular complexity index is 1510. The molecule has 5 rings (SSSR count). The molecule has 3 N–H and O–H groups in total. The summed E-state index contributed by atoms with van der Waals surface area (Å²) in [5.74, 6) is 0.741. The van der Waals surface area contributed by atoms with Crippen LogP contribution in [0.2, 0.25) is 0 Å². The molecule has 1 saturated carbocycles. The van der Waals surface area contributed by atoms with E-state index in [2.05, 4.69) is 16.6 Å². The van der Waals surface area contributed by atoms with Crippen molar-refractivity contribution in [2.24, 2.45) is 0 Å². The summed E-state index contributed by atoms with van der Waals surface area (Å²) in [7, 11) is 3.20. The number of ether oxygens (including phenoxy) is 2. The van der Waals surface area contributed by atoms with Gasteiger partial charge in [0.1, 0.15) is 28.1 Å². The number of carbonyl (C=O) groups is 2. The van der Waals surface area contributed by atoms with Crippen LogP contribution in [-0.2, 0) is 11.2 Å². The van der Waals surface area contributed by atoms with Crippen LogP contribution >= 0.6 is 11.5 Å². The van der Waals surface area contributed by atoms with E-state index >= 15 is 0 Å². The number of nitrogens with zero attached hydrogens (tertiary/aromatic N) is 2. The van der Waals surface area contributed by atoms with E-state index in [9.17, 15) is 9.59 Å². The second kappa shape index (κ2) is 13.1. The number of nitrogens with two attached hydrogens (primary N) is 1. The highest BCUT2D eigenvalue weighted by Gasteiger charge is 2.36. The lowest BCUT2D eigenvalue weighted by Gasteiger charge is -2.32. The van der Waals surface area contributed by atoms with Crippen LogP contribution in [0.5, 0.6) is 11.5 Å². The number of nitrogen functional groups attached to an aromatic ring is 1. The molecule has 42 heavy (non-hydrogen) atoms. The van der Waals surface area contributed by atoms with Gasteiger partial charge < -0.3 is 20.5 Å². The smallest absolute Gasteiger partial charge is 0.273 e. The SMILES string of the molecule is CCc1ccc(N(C(=O)c2snc(-c3ccc(OC)cc3)c2N)[C@@H](C(=O)NC2CCCC2)c2ccc(OC)cc2)cc1. The fourth-order valence-electron chi connectivity index (χ4n) is 5.35. The van der Waals surface area contributed by atoms with Crippen molar-refractivity contribution in [2.75, 3.05) is 24.9 Å². The number of benzene rings is 3. The van der Waals surface area contributed by atoms with Gasteiger partial charge in [-0.15, -0.1) is 0 Å². The maximum Gasteiger partial charge on any atom is 0.273 e. The van der Waals surface area contributed by atoms with Gasteiger partial charge in [-0.1, -0.05) is 44.0 Å². The predicted molar refractivity (Wildman–Crippen MR) is 167 cm³/mol. The standard InChI is InChI=1S/C33H36N4O4S/c1-4-21-9-15-25(16-10-21)37(33(39)31-28(34)29(36-42-31)22-11-17-26(40-2)18-12-22)30(23-13-19-27(41-3)20-14-23)32(38)35-24-7-5-6-8-24/h9-20,24,30H,4-8,34H2,1-3H3,(H,35,38)/t30-/m1/s1. The average molecular weight is 585 g/mol. The molecule has 0 bridgehead atoms. The molecule has 218 valence electrons. The fourth-order valence-corrected chi connectivity index (χ4v) is 6.11. The Labute approximate surface area is 250 Å². The van der Waals surface area contributed by atoms with Crippen LogP contribution in [0.3, 0.4) is 0 Å². The van der Waals surface area contributed by atoms with Gasteiger partial charge in [-0.3, -0.25) is 14.5 Å². The van der Waals surface area contributed by atoms with E-state index in [4.69, 9.17) is 15.2 Å². The second-order valence-corrected chi connectivity index (χ2v) is 11.1. The van der Waals surface area contributed by atoms with Crippen molar-refractivity contribution in [3.05, 3.63) is 88.8 Å². The molecule has 3 aromatic carbocycles. The number of amides is 2. The molecular weight excluding hydrogens is 548 g/mol. The highest BCUT2D eigenvalue weighted by atomic mass is 32.1. The third-order valence-corrected chi connectivity index (χ3v) is 8.62. The van der Waals surface area contributed by atoms with Crippen LogP contribution in [0.25, 0.3) is 11.3 Å². The molecular formula is C33H36N4O4S. The van der Waals surface area contributed by atoms with Crippen molar-refractivity contribution >= 4 is 34.7 Å². The zero-order valence-corrected chi connectivity index (χ0v) is 24.9. The summed E-state index contributed by atoms with van der Waals surface area (Å²) in [5.41, 5.74) is 10.6. The van der Waals surface area contributed by atoms with E-state index in [-0.39, 0.29) is 22.5 Å². The number of aryl methyl sites for hydroxylation is 1. The van der Waals surface area contributed by atoms with Crippen LogP contribution in [-0.4, -0.2) is 36.4 Å². The van der Waals surface area contributed by atoms with Crippen molar-refractivity contribution in [1.29, 1.82) is 0 Å². The Kier molecular flexibility index (Phi) is 9.07. The molecule has 1 atom stereocenters. The molecule has 1 aliphatic rings. The predicted octanol–water partition coefficient (Wildman–Crippen LogP) is 6.42. The zero-order chi connectivity index (χ0) is 29.6. The summed E-state index contributed by atoms with van der Waals surface area (Å²) in [4.78, 5) is 30.5. The van der Waals surface area contributed by atoms with Gasteiger partial charge in [0.05, 0.1) is 19.9 Å². The van der Waals surface area contributed by atoms with Gasteiger partial charge in [-0.2, -0.15) is 4.37 Å². The van der Waals surface area contributed by atoms with Gasteiger partial charge in [0.2, 0.25) is 5.91 Å². The lowest BCUT2D eigenvalue weighted by molar-refractivity contribution is -0.123. The number of hydrogen-bond donors (Lipinski definition) is 2. The third-order valence-electron chi connectivity index (χ3n) is 7.77. The first kappa shape index (κ1) is 29.1. The topological polar surface area (TPSA) is 107 Å². The van der Waals surface area contributed by atoms with Crippen LogP contribution in [0.1, 0.15) is 59.4 Å². The molecule has 1 fully saturated rings. The van der Waals surface area contributed by atoms with Crippen molar-refractivity contribution in [1.82, 2.24) is 9.69 Å². The first-order chi connectivity index (χ1) is 20.4. The lowest BCUT2D eigenvalue weighted by Crippen LogP contribution is -2.46. The Morgan fingerprint density at radius 2 is 1.55 bits per heavy atom. The summed E-state index contributed by atoms with van der Waals surface area (Å²) in [6.07, 6.45) is 4.85. The summed E-state index contributed by atoms with van der Waals surface area (Å²) in [6, 6.07) is 21.5. The minimum absolute atomic E-state index is 0.0767. The maximum atomic E-state index is 14.5. The molecule has 0 unspecified atom stereocenters. The molecule has 0 spiro atoms. The molecule has 9 heteroatoms. The number of anilines is 2. The van der Waals surface area contributed by atoms with E-state index in [0.717, 1.165) is 54.8 Å². The van der Waals surface area contributed by atoms with Crippen molar-refractivity contribution in [3.63, 3.8) is 0 Å². The molecule has 1 heterocycles. The first-order valence-corrected chi connectivity index (χ1v) is 15.0. The van der Waals surface area contributed by atoms with Gasteiger partial charge in [0, 0.05) is 17.3 Å². The zero-order valence-electron chi connectivity index (χ0n) is 24.1. The highest BCUT2D eigenvalue weighted by Crippen LogP contribution is 2.37. The first-order valence-electron chi connectivity index (χ1n) is 14.2. The molecule has 2 amide bonds. The van der Waals surface area contributed by atoms with Crippen LogP contribution < -0.4 is 25.4 Å². The quantitative estimate of drug-likeness (QED) is 0.223.